The first kappa shape index (κ1) is 18.0. The van der Waals surface area contributed by atoms with E-state index in [1.807, 2.05) is 36.0 Å². The molecule has 0 aromatic carbocycles. The zero-order valence-electron chi connectivity index (χ0n) is 15.4. The van der Waals surface area contributed by atoms with Gasteiger partial charge in [-0.1, -0.05) is 12.8 Å². The maximum atomic E-state index is 13.1. The number of aromatic nitrogens is 2. The van der Waals surface area contributed by atoms with Crippen LogP contribution in [0.5, 0.6) is 5.88 Å². The second-order valence-corrected chi connectivity index (χ2v) is 6.48. The van der Waals surface area contributed by atoms with E-state index in [-0.39, 0.29) is 12.1 Å². The number of carbonyl (C=O) groups excluding carboxylic acids is 1. The first-order valence-electron chi connectivity index (χ1n) is 8.79. The van der Waals surface area contributed by atoms with Crippen molar-refractivity contribution in [3.05, 3.63) is 30.5 Å². The third kappa shape index (κ3) is 3.74. The van der Waals surface area contributed by atoms with Crippen molar-refractivity contribution in [2.75, 3.05) is 38.0 Å². The van der Waals surface area contributed by atoms with Gasteiger partial charge < -0.3 is 19.0 Å². The highest BCUT2D eigenvalue weighted by Gasteiger charge is 2.30. The molecule has 8 heteroatoms. The van der Waals surface area contributed by atoms with Crippen LogP contribution in [0.2, 0.25) is 0 Å². The fourth-order valence-corrected chi connectivity index (χ4v) is 3.27. The van der Waals surface area contributed by atoms with Crippen LogP contribution in [0.1, 0.15) is 37.5 Å². The van der Waals surface area contributed by atoms with E-state index >= 15 is 0 Å². The first-order valence-corrected chi connectivity index (χ1v) is 8.79. The normalized spacial score (nSPS) is 17.5. The summed E-state index contributed by atoms with van der Waals surface area (Å²) in [5.41, 5.74) is 0.465. The van der Waals surface area contributed by atoms with E-state index in [9.17, 15) is 4.79 Å². The molecule has 1 unspecified atom stereocenters. The van der Waals surface area contributed by atoms with Crippen LogP contribution in [-0.2, 0) is 0 Å². The summed E-state index contributed by atoms with van der Waals surface area (Å²) < 4.78 is 10.9. The van der Waals surface area contributed by atoms with Crippen LogP contribution < -0.4 is 15.0 Å². The van der Waals surface area contributed by atoms with Crippen LogP contribution in [0.25, 0.3) is 0 Å². The van der Waals surface area contributed by atoms with Gasteiger partial charge >= 0.3 is 6.03 Å². The number of likely N-dealkylation sites (tertiary alicyclic amines) is 1. The minimum atomic E-state index is -0.204. The molecule has 0 bridgehead atoms. The van der Waals surface area contributed by atoms with Crippen LogP contribution >= 0.6 is 0 Å². The molecule has 3 heterocycles. The maximum absolute atomic E-state index is 13.1. The van der Waals surface area contributed by atoms with Gasteiger partial charge in [0.15, 0.2) is 5.82 Å². The minimum Gasteiger partial charge on any atom is -0.479 e. The number of anilines is 2. The van der Waals surface area contributed by atoms with E-state index in [1.54, 1.807) is 6.26 Å². The number of amides is 2. The Bertz CT molecular complexity index is 732. The molecule has 2 aromatic heterocycles. The van der Waals surface area contributed by atoms with E-state index in [0.29, 0.717) is 23.9 Å². The van der Waals surface area contributed by atoms with Crippen LogP contribution in [0, 0.1) is 0 Å². The lowest BCUT2D eigenvalue weighted by Crippen LogP contribution is -2.38. The van der Waals surface area contributed by atoms with Crippen molar-refractivity contribution in [2.24, 2.45) is 0 Å². The monoisotopic (exact) mass is 359 g/mol. The van der Waals surface area contributed by atoms with Gasteiger partial charge in [0.05, 0.1) is 19.4 Å². The number of hydrogen-bond acceptors (Lipinski definition) is 6. The fourth-order valence-electron chi connectivity index (χ4n) is 3.27. The average molecular weight is 359 g/mol. The standard InChI is InChI=1S/C18H25N5O3/c1-22(2)16-15(17(25-3)20-12-19-16)21-18(24)23-10-6-4-5-8-13(23)14-9-7-11-26-14/h7,9,11-13H,4-6,8,10H2,1-3H3,(H,21,24). The van der Waals surface area contributed by atoms with Crippen molar-refractivity contribution in [1.29, 1.82) is 0 Å². The third-order valence-electron chi connectivity index (χ3n) is 4.53. The first-order chi connectivity index (χ1) is 12.6. The number of rotatable bonds is 4. The summed E-state index contributed by atoms with van der Waals surface area (Å²) in [5.74, 6) is 1.74. The second kappa shape index (κ2) is 8.07. The van der Waals surface area contributed by atoms with Crippen LogP contribution in [0.4, 0.5) is 16.3 Å². The highest BCUT2D eigenvalue weighted by molar-refractivity contribution is 5.94. The van der Waals surface area contributed by atoms with Crippen molar-refractivity contribution >= 4 is 17.5 Å². The predicted octanol–water partition coefficient (Wildman–Crippen LogP) is 3.29. The molecule has 2 amide bonds. The Balaban J connectivity index is 1.88. The lowest BCUT2D eigenvalue weighted by atomic mass is 10.1. The van der Waals surface area contributed by atoms with Gasteiger partial charge in [0.2, 0.25) is 5.88 Å². The van der Waals surface area contributed by atoms with E-state index in [4.69, 9.17) is 9.15 Å². The highest BCUT2D eigenvalue weighted by Crippen LogP contribution is 2.34. The van der Waals surface area contributed by atoms with Crippen molar-refractivity contribution in [3.8, 4) is 5.88 Å². The Morgan fingerprint density at radius 1 is 1.35 bits per heavy atom. The maximum Gasteiger partial charge on any atom is 0.322 e. The van der Waals surface area contributed by atoms with Crippen molar-refractivity contribution in [2.45, 2.75) is 31.7 Å². The van der Waals surface area contributed by atoms with Gasteiger partial charge in [-0.05, 0) is 25.0 Å². The van der Waals surface area contributed by atoms with Gasteiger partial charge in [-0.15, -0.1) is 0 Å². The van der Waals surface area contributed by atoms with Gasteiger partial charge in [-0.3, -0.25) is 5.32 Å². The van der Waals surface area contributed by atoms with Gasteiger partial charge in [0.25, 0.3) is 0 Å². The Hall–Kier alpha value is -2.77. The molecule has 140 valence electrons. The molecule has 1 aliphatic heterocycles. The number of urea groups is 1. The number of nitrogens with zero attached hydrogens (tertiary/aromatic N) is 4. The van der Waals surface area contributed by atoms with E-state index < -0.39 is 0 Å². The molecule has 1 fully saturated rings. The quantitative estimate of drug-likeness (QED) is 0.902. The summed E-state index contributed by atoms with van der Waals surface area (Å²) >= 11 is 0. The Morgan fingerprint density at radius 2 is 2.19 bits per heavy atom. The summed E-state index contributed by atoms with van der Waals surface area (Å²) in [5, 5.41) is 2.95. The Labute approximate surface area is 153 Å². The number of furan rings is 1. The molecular formula is C18H25N5O3. The molecule has 3 rings (SSSR count). The van der Waals surface area contributed by atoms with Crippen LogP contribution in [0.3, 0.4) is 0 Å². The van der Waals surface area contributed by atoms with E-state index in [1.165, 1.54) is 13.4 Å². The third-order valence-corrected chi connectivity index (χ3v) is 4.53. The van der Waals surface area contributed by atoms with Gasteiger partial charge in [0.1, 0.15) is 17.8 Å². The molecule has 1 saturated heterocycles. The molecule has 26 heavy (non-hydrogen) atoms. The SMILES string of the molecule is COc1ncnc(N(C)C)c1NC(=O)N1CCCCCC1c1ccco1. The number of carbonyl (C=O) groups is 1. The van der Waals surface area contributed by atoms with Crippen LogP contribution in [-0.4, -0.2) is 48.6 Å². The molecule has 2 aromatic rings. The molecule has 1 atom stereocenters. The summed E-state index contributed by atoms with van der Waals surface area (Å²) in [4.78, 5) is 25.1. The summed E-state index contributed by atoms with van der Waals surface area (Å²) in [6.45, 7) is 0.671. The zero-order chi connectivity index (χ0) is 18.5. The number of ether oxygens (including phenoxy) is 1. The molecule has 1 aliphatic rings. The van der Waals surface area contributed by atoms with Crippen molar-refractivity contribution < 1.29 is 13.9 Å². The van der Waals surface area contributed by atoms with Gasteiger partial charge in [0, 0.05) is 20.6 Å². The Morgan fingerprint density at radius 3 is 2.88 bits per heavy atom. The zero-order valence-corrected chi connectivity index (χ0v) is 15.4. The lowest BCUT2D eigenvalue weighted by molar-refractivity contribution is 0.179. The largest absolute Gasteiger partial charge is 0.479 e. The van der Waals surface area contributed by atoms with E-state index in [2.05, 4.69) is 15.3 Å². The summed E-state index contributed by atoms with van der Waals surface area (Å²) in [6, 6.07) is 3.50. The Kier molecular flexibility index (Phi) is 5.60. The second-order valence-electron chi connectivity index (χ2n) is 6.48. The summed E-state index contributed by atoms with van der Waals surface area (Å²) in [7, 11) is 5.24. The fraction of sp³-hybridized carbons (Fsp3) is 0.500. The molecule has 0 saturated carbocycles. The summed E-state index contributed by atoms with van der Waals surface area (Å²) in [6.07, 6.45) is 7.07. The van der Waals surface area contributed by atoms with Crippen LogP contribution in [0.15, 0.2) is 29.1 Å². The number of nitrogens with one attached hydrogen (secondary N) is 1. The molecule has 1 N–H and O–H groups in total. The topological polar surface area (TPSA) is 83.7 Å². The lowest BCUT2D eigenvalue weighted by Gasteiger charge is -2.29. The molecule has 0 spiro atoms. The number of hydrogen-bond donors (Lipinski definition) is 1. The minimum absolute atomic E-state index is 0.0778. The van der Waals surface area contributed by atoms with Gasteiger partial charge in [-0.2, -0.15) is 4.98 Å². The predicted molar refractivity (Wildman–Crippen MR) is 98.6 cm³/mol. The molecular weight excluding hydrogens is 334 g/mol. The van der Waals surface area contributed by atoms with Crippen molar-refractivity contribution in [3.63, 3.8) is 0 Å². The van der Waals surface area contributed by atoms with E-state index in [0.717, 1.165) is 31.4 Å². The van der Waals surface area contributed by atoms with Crippen molar-refractivity contribution in [1.82, 2.24) is 14.9 Å². The molecule has 0 radical (unpaired) electrons. The average Bonchev–Trinajstić information content (AvgIpc) is 3.05. The highest BCUT2D eigenvalue weighted by atomic mass is 16.5. The molecule has 0 aliphatic carbocycles. The van der Waals surface area contributed by atoms with Gasteiger partial charge in [-0.25, -0.2) is 9.78 Å². The smallest absolute Gasteiger partial charge is 0.322 e. The number of methoxy groups -OCH3 is 1. The molecule has 8 nitrogen and oxygen atoms in total.